The van der Waals surface area contributed by atoms with Crippen molar-refractivity contribution in [2.75, 3.05) is 0 Å². The molecule has 0 aromatic heterocycles. The van der Waals surface area contributed by atoms with Crippen molar-refractivity contribution in [2.24, 2.45) is 0 Å². The fourth-order valence-electron chi connectivity index (χ4n) is 1.94. The molecule has 0 saturated carbocycles. The molecule has 4 heteroatoms. The number of allylic oxidation sites excluding steroid dienone is 4. The lowest BCUT2D eigenvalue weighted by Crippen LogP contribution is -1.86. The first kappa shape index (κ1) is 12.1. The van der Waals surface area contributed by atoms with Crippen molar-refractivity contribution >= 4 is 17.0 Å². The molecular formula is C15H5N4-. The summed E-state index contributed by atoms with van der Waals surface area (Å²) in [5.41, 5.74) is 2.29. The third-order valence-electron chi connectivity index (χ3n) is 2.74. The largest absolute Gasteiger partial charge is 0.775 e. The van der Waals surface area contributed by atoms with Gasteiger partial charge in [0.05, 0.1) is 19.2 Å². The van der Waals surface area contributed by atoms with Crippen molar-refractivity contribution in [3.8, 4) is 6.07 Å². The summed E-state index contributed by atoms with van der Waals surface area (Å²) >= 11 is 0. The molecule has 0 radical (unpaired) electrons. The van der Waals surface area contributed by atoms with Gasteiger partial charge in [-0.1, -0.05) is 30.3 Å². The van der Waals surface area contributed by atoms with Crippen LogP contribution in [-0.2, 0) is 0 Å². The van der Waals surface area contributed by atoms with Crippen molar-refractivity contribution in [2.45, 2.75) is 0 Å². The Bertz CT molecular complexity index is 782. The molecule has 1 aromatic rings. The third-order valence-corrected chi connectivity index (χ3v) is 2.74. The van der Waals surface area contributed by atoms with Crippen molar-refractivity contribution in [3.63, 3.8) is 0 Å². The molecule has 0 atom stereocenters. The van der Waals surface area contributed by atoms with Crippen LogP contribution in [0.15, 0.2) is 41.7 Å². The highest BCUT2D eigenvalue weighted by Crippen LogP contribution is 2.40. The Balaban J connectivity index is 2.82. The average molecular weight is 241 g/mol. The SMILES string of the molecule is [C-]#[N+]C(=C=[N-])C1=C/C(=C(\C#N)[N+]#[C-])c2ccccc21. The molecule has 0 aliphatic heterocycles. The van der Waals surface area contributed by atoms with Crippen LogP contribution in [0, 0.1) is 24.5 Å². The van der Waals surface area contributed by atoms with Crippen LogP contribution in [0.2, 0.25) is 0 Å². The number of nitriles is 1. The van der Waals surface area contributed by atoms with E-state index >= 15 is 0 Å². The lowest BCUT2D eigenvalue weighted by atomic mass is 10.0. The van der Waals surface area contributed by atoms with Crippen molar-refractivity contribution in [1.82, 2.24) is 0 Å². The van der Waals surface area contributed by atoms with E-state index < -0.39 is 0 Å². The minimum absolute atomic E-state index is 0.0373. The molecule has 1 aliphatic rings. The zero-order chi connectivity index (χ0) is 13.8. The Hall–Kier alpha value is -3.38. The van der Waals surface area contributed by atoms with E-state index in [1.807, 2.05) is 11.9 Å². The summed E-state index contributed by atoms with van der Waals surface area (Å²) in [5, 5.41) is 17.9. The van der Waals surface area contributed by atoms with E-state index in [4.69, 9.17) is 23.8 Å². The van der Waals surface area contributed by atoms with E-state index in [9.17, 15) is 0 Å². The highest BCUT2D eigenvalue weighted by Gasteiger charge is 2.22. The van der Waals surface area contributed by atoms with E-state index in [0.29, 0.717) is 22.3 Å². The summed E-state index contributed by atoms with van der Waals surface area (Å²) in [5.74, 6) is 1.84. The molecule has 19 heavy (non-hydrogen) atoms. The van der Waals surface area contributed by atoms with Crippen LogP contribution >= 0.6 is 0 Å². The first-order chi connectivity index (χ1) is 9.26. The molecular weight excluding hydrogens is 236 g/mol. The minimum Gasteiger partial charge on any atom is -0.775 e. The Morgan fingerprint density at radius 1 is 1.16 bits per heavy atom. The lowest BCUT2D eigenvalue weighted by Gasteiger charge is -2.03. The summed E-state index contributed by atoms with van der Waals surface area (Å²) in [6.45, 7) is 14.0. The van der Waals surface area contributed by atoms with E-state index in [2.05, 4.69) is 9.69 Å². The van der Waals surface area contributed by atoms with Crippen molar-refractivity contribution in [3.05, 3.63) is 81.1 Å². The van der Waals surface area contributed by atoms with Crippen molar-refractivity contribution < 1.29 is 0 Å². The molecule has 4 nitrogen and oxygen atoms in total. The van der Waals surface area contributed by atoms with Crippen LogP contribution in [0.1, 0.15) is 11.1 Å². The molecule has 0 N–H and O–H groups in total. The van der Waals surface area contributed by atoms with Crippen LogP contribution in [0.5, 0.6) is 0 Å². The van der Waals surface area contributed by atoms with Crippen LogP contribution in [0.3, 0.4) is 0 Å². The monoisotopic (exact) mass is 241 g/mol. The van der Waals surface area contributed by atoms with E-state index in [-0.39, 0.29) is 11.4 Å². The normalized spacial score (nSPS) is 14.1. The van der Waals surface area contributed by atoms with Gasteiger partial charge in [0.2, 0.25) is 5.70 Å². The second-order valence-corrected chi connectivity index (χ2v) is 3.66. The molecule has 0 amide bonds. The van der Waals surface area contributed by atoms with Gasteiger partial charge in [0, 0.05) is 0 Å². The van der Waals surface area contributed by atoms with Gasteiger partial charge in [-0.2, -0.15) is 0 Å². The summed E-state index contributed by atoms with van der Waals surface area (Å²) in [7, 11) is 0. The molecule has 0 heterocycles. The number of rotatable bonds is 1. The Labute approximate surface area is 110 Å². The molecule has 2 rings (SSSR count). The van der Waals surface area contributed by atoms with Gasteiger partial charge >= 0.3 is 0 Å². The summed E-state index contributed by atoms with van der Waals surface area (Å²) in [6, 6.07) is 8.97. The van der Waals surface area contributed by atoms with E-state index in [1.54, 1.807) is 30.3 Å². The summed E-state index contributed by atoms with van der Waals surface area (Å²) in [4.78, 5) is 6.37. The van der Waals surface area contributed by atoms with Gasteiger partial charge in [-0.15, -0.1) is 0 Å². The van der Waals surface area contributed by atoms with Gasteiger partial charge in [-0.05, 0) is 22.3 Å². The van der Waals surface area contributed by atoms with Gasteiger partial charge in [-0.3, -0.25) is 5.87 Å². The zero-order valence-corrected chi connectivity index (χ0v) is 9.68. The standard InChI is InChI=1S/C15H5N4/c1-18-14(8-16)12-7-13(15(9-17)19-2)11-6-4-3-5-10(11)12/h3-7H/q-1/b14-12-. The Kier molecular flexibility index (Phi) is 3.09. The number of hydrogen-bond acceptors (Lipinski definition) is 1. The van der Waals surface area contributed by atoms with Gasteiger partial charge in [0.25, 0.3) is 5.70 Å². The minimum atomic E-state index is -0.0373. The first-order valence-electron chi connectivity index (χ1n) is 5.25. The third kappa shape index (κ3) is 1.84. The van der Waals surface area contributed by atoms with Gasteiger partial charge in [0.1, 0.15) is 0 Å². The molecule has 86 valence electrons. The Morgan fingerprint density at radius 2 is 1.84 bits per heavy atom. The maximum absolute atomic E-state index is 8.97. The predicted octanol–water partition coefficient (Wildman–Crippen LogP) is 3.28. The summed E-state index contributed by atoms with van der Waals surface area (Å²) in [6.07, 6.45) is 1.57. The molecule has 0 spiro atoms. The number of benzene rings is 1. The quantitative estimate of drug-likeness (QED) is 0.423. The molecule has 1 aliphatic carbocycles. The molecule has 0 fully saturated rings. The highest BCUT2D eigenvalue weighted by molar-refractivity contribution is 6.06. The maximum atomic E-state index is 8.97. The van der Waals surface area contributed by atoms with E-state index in [1.165, 1.54) is 0 Å². The fourth-order valence-corrected chi connectivity index (χ4v) is 1.94. The molecule has 0 bridgehead atoms. The summed E-state index contributed by atoms with van der Waals surface area (Å²) < 4.78 is 0. The topological polar surface area (TPSA) is 54.8 Å². The lowest BCUT2D eigenvalue weighted by molar-refractivity contribution is 1.49. The molecule has 1 aromatic carbocycles. The second kappa shape index (κ2) is 4.86. The second-order valence-electron chi connectivity index (χ2n) is 3.66. The molecule has 0 unspecified atom stereocenters. The van der Waals surface area contributed by atoms with Crippen molar-refractivity contribution in [1.29, 1.82) is 5.26 Å². The van der Waals surface area contributed by atoms with Gasteiger partial charge in [-0.25, -0.2) is 15.0 Å². The smallest absolute Gasteiger partial charge is 0.269 e. The van der Waals surface area contributed by atoms with Crippen LogP contribution < -0.4 is 0 Å². The number of nitrogens with zero attached hydrogens (tertiary/aromatic N) is 4. The van der Waals surface area contributed by atoms with Gasteiger partial charge in [0.15, 0.2) is 0 Å². The maximum Gasteiger partial charge on any atom is 0.269 e. The van der Waals surface area contributed by atoms with Crippen LogP contribution in [0.25, 0.3) is 26.2 Å². The first-order valence-corrected chi connectivity index (χ1v) is 5.25. The van der Waals surface area contributed by atoms with Gasteiger partial charge < -0.3 is 5.41 Å². The highest BCUT2D eigenvalue weighted by atomic mass is 14.7. The van der Waals surface area contributed by atoms with E-state index in [0.717, 1.165) is 0 Å². The number of fused-ring (bicyclic) bond motifs is 1. The zero-order valence-electron chi connectivity index (χ0n) is 9.68. The molecule has 0 saturated heterocycles. The van der Waals surface area contributed by atoms with Crippen LogP contribution in [0.4, 0.5) is 0 Å². The average Bonchev–Trinajstić information content (AvgIpc) is 2.82. The predicted molar refractivity (Wildman–Crippen MR) is 72.0 cm³/mol. The Morgan fingerprint density at radius 3 is 2.37 bits per heavy atom. The fraction of sp³-hybridized carbons (Fsp3) is 0. The number of hydrogen-bond donors (Lipinski definition) is 0. The van der Waals surface area contributed by atoms with Crippen LogP contribution in [-0.4, -0.2) is 5.87 Å².